The van der Waals surface area contributed by atoms with Gasteiger partial charge in [0.05, 0.1) is 17.1 Å². The van der Waals surface area contributed by atoms with Crippen LogP contribution in [-0.2, 0) is 19.8 Å². The van der Waals surface area contributed by atoms with Crippen LogP contribution in [0.4, 0.5) is 22.7 Å². The molecule has 2 aliphatic heterocycles. The Balaban J connectivity index is 1.04. The molecule has 4 heterocycles. The molecule has 6 heteroatoms. The van der Waals surface area contributed by atoms with Crippen molar-refractivity contribution in [2.75, 3.05) is 16.5 Å². The number of aryl methyl sites for hydroxylation is 1. The predicted molar refractivity (Wildman–Crippen MR) is 273 cm³/mol. The van der Waals surface area contributed by atoms with E-state index in [0.29, 0.717) is 6.67 Å². The summed E-state index contributed by atoms with van der Waals surface area (Å²) in [4.78, 5) is 10.3. The van der Waals surface area contributed by atoms with Crippen LogP contribution in [0.2, 0.25) is 0 Å². The maximum atomic E-state index is 7.04. The first kappa shape index (κ1) is 41.4. The Labute approximate surface area is 393 Å². The van der Waals surface area contributed by atoms with E-state index in [9.17, 15) is 0 Å². The van der Waals surface area contributed by atoms with E-state index in [1.165, 1.54) is 76.8 Å². The van der Waals surface area contributed by atoms with Crippen LogP contribution >= 0.6 is 0 Å². The second-order valence-electron chi connectivity index (χ2n) is 19.7. The van der Waals surface area contributed by atoms with E-state index in [4.69, 9.17) is 9.72 Å². The molecule has 0 radical (unpaired) electrons. The van der Waals surface area contributed by atoms with E-state index in [1.54, 1.807) is 0 Å². The van der Waals surface area contributed by atoms with E-state index < -0.39 is 0 Å². The molecule has 0 bridgehead atoms. The van der Waals surface area contributed by atoms with Crippen LogP contribution in [0.25, 0.3) is 49.9 Å². The van der Waals surface area contributed by atoms with E-state index in [0.717, 1.165) is 44.2 Å². The molecule has 0 aliphatic carbocycles. The Morgan fingerprint density at radius 3 is 1.82 bits per heavy atom. The molecule has 0 N–H and O–H groups in total. The minimum absolute atomic E-state index is 0.0403. The summed E-state index contributed by atoms with van der Waals surface area (Å²) in [6.07, 6.45) is 0. The molecule has 0 unspecified atom stereocenters. The van der Waals surface area contributed by atoms with E-state index in [-0.39, 0.29) is 31.8 Å². The van der Waals surface area contributed by atoms with Crippen molar-refractivity contribution in [1.29, 1.82) is 0 Å². The van der Waals surface area contributed by atoms with Crippen LogP contribution in [0, 0.1) is 6.92 Å². The van der Waals surface area contributed by atoms with Crippen LogP contribution < -0.4 is 14.5 Å². The second-order valence-corrected chi connectivity index (χ2v) is 22.5. The van der Waals surface area contributed by atoms with Gasteiger partial charge in [-0.05, 0) is 57.9 Å². The minimum atomic E-state index is -0.132. The van der Waals surface area contributed by atoms with Gasteiger partial charge < -0.3 is 9.80 Å². The van der Waals surface area contributed by atoms with Gasteiger partial charge in [-0.3, -0.25) is 0 Å². The molecule has 0 spiro atoms. The van der Waals surface area contributed by atoms with Crippen molar-refractivity contribution in [1.82, 2.24) is 9.55 Å². The number of para-hydroxylation sites is 3. The average molecular weight is 963 g/mol. The van der Waals surface area contributed by atoms with Crippen LogP contribution in [0.1, 0.15) is 69.5 Å². The van der Waals surface area contributed by atoms with Gasteiger partial charge in [0.25, 0.3) is 0 Å². The first-order valence-corrected chi connectivity index (χ1v) is 26.1. The number of aromatic nitrogens is 2. The van der Waals surface area contributed by atoms with Gasteiger partial charge in [0.1, 0.15) is 6.67 Å². The molecule has 2 aromatic heterocycles. The summed E-state index contributed by atoms with van der Waals surface area (Å²) >= 11 is -0.0403. The second kappa shape index (κ2) is 16.0. The van der Waals surface area contributed by atoms with Gasteiger partial charge in [0, 0.05) is 11.1 Å². The Morgan fingerprint density at radius 2 is 1.14 bits per heavy atom. The number of benzene rings is 7. The van der Waals surface area contributed by atoms with Gasteiger partial charge in [-0.1, -0.05) is 114 Å². The third-order valence-corrected chi connectivity index (χ3v) is 16.0. The fraction of sp³-hybridized carbons (Fsp3) is 0.203. The summed E-state index contributed by atoms with van der Waals surface area (Å²) in [5.74, 6) is 2.60. The fourth-order valence-electron chi connectivity index (χ4n) is 9.72. The Bertz CT molecular complexity index is 3220. The van der Waals surface area contributed by atoms with Crippen LogP contribution in [0.15, 0.2) is 164 Å². The molecular formula is C59H54N4OTe. The normalized spacial score (nSPS) is 13.8. The van der Waals surface area contributed by atoms with Gasteiger partial charge in [-0.2, -0.15) is 0 Å². The third-order valence-electron chi connectivity index (χ3n) is 13.2. The molecule has 0 saturated heterocycles. The van der Waals surface area contributed by atoms with Crippen LogP contribution in [0.3, 0.4) is 0 Å². The van der Waals surface area contributed by atoms with Crippen LogP contribution in [-0.4, -0.2) is 37.1 Å². The maximum absolute atomic E-state index is 7.04. The van der Waals surface area contributed by atoms with Crippen molar-refractivity contribution in [2.24, 2.45) is 0 Å². The molecule has 0 saturated carbocycles. The summed E-state index contributed by atoms with van der Waals surface area (Å²) in [7, 11) is 0. The number of fused-ring (bicyclic) bond motifs is 5. The molecule has 0 fully saturated rings. The van der Waals surface area contributed by atoms with E-state index in [2.05, 4.69) is 227 Å². The molecule has 0 amide bonds. The Morgan fingerprint density at radius 1 is 0.538 bits per heavy atom. The predicted octanol–water partition coefficient (Wildman–Crippen LogP) is 15.2. The Hall–Kier alpha value is -6.32. The number of anilines is 4. The van der Waals surface area contributed by atoms with Crippen molar-refractivity contribution < 1.29 is 4.74 Å². The van der Waals surface area contributed by atoms with Crippen molar-refractivity contribution >= 4 is 65.5 Å². The Kier molecular flexibility index (Phi) is 10.2. The number of pyridine rings is 1. The molecular weight excluding hydrogens is 908 g/mol. The van der Waals surface area contributed by atoms with Gasteiger partial charge in [0.2, 0.25) is 0 Å². The van der Waals surface area contributed by atoms with Gasteiger partial charge in [0.15, 0.2) is 0 Å². The summed E-state index contributed by atoms with van der Waals surface area (Å²) in [6, 6.07) is 59.9. The SMILES string of the molecule is Cc1cc(-n2c3ccccc3c3ccc(Oc4cc(N5CN(c6c(-c7ccccc7)cc(C(C)(C)C)cc6-c6ccccc6)c6ccccc65)cc(C(C)(C)C)c4)cc32)nc2c1C[Te]C2. The molecule has 65 heavy (non-hydrogen) atoms. The average Bonchev–Trinajstić information content (AvgIpc) is 4.03. The number of rotatable bonds is 7. The number of hydrogen-bond donors (Lipinski definition) is 0. The summed E-state index contributed by atoms with van der Waals surface area (Å²) < 4.78 is 11.8. The topological polar surface area (TPSA) is 33.5 Å². The summed E-state index contributed by atoms with van der Waals surface area (Å²) in [5, 5.41) is 2.41. The van der Waals surface area contributed by atoms with Gasteiger partial charge >= 0.3 is 179 Å². The zero-order chi connectivity index (χ0) is 44.6. The van der Waals surface area contributed by atoms with E-state index in [1.807, 2.05) is 0 Å². The fourth-order valence-corrected chi connectivity index (χ4v) is 12.9. The molecule has 7 aromatic carbocycles. The molecule has 5 nitrogen and oxygen atoms in total. The molecule has 322 valence electrons. The summed E-state index contributed by atoms with van der Waals surface area (Å²) in [6.45, 7) is 16.7. The number of nitrogens with zero attached hydrogens (tertiary/aromatic N) is 4. The summed E-state index contributed by atoms with van der Waals surface area (Å²) in [5.41, 5.74) is 18.2. The van der Waals surface area contributed by atoms with Crippen molar-refractivity contribution in [2.45, 2.75) is 68.2 Å². The third kappa shape index (κ3) is 7.47. The molecule has 2 aliphatic rings. The van der Waals surface area contributed by atoms with Gasteiger partial charge in [-0.15, -0.1) is 0 Å². The van der Waals surface area contributed by atoms with Crippen LogP contribution in [0.5, 0.6) is 11.5 Å². The van der Waals surface area contributed by atoms with Gasteiger partial charge in [-0.25, -0.2) is 0 Å². The van der Waals surface area contributed by atoms with Crippen molar-refractivity contribution in [3.8, 4) is 39.6 Å². The first-order chi connectivity index (χ1) is 31.4. The quantitative estimate of drug-likeness (QED) is 0.149. The monoisotopic (exact) mass is 964 g/mol. The zero-order valence-corrected chi connectivity index (χ0v) is 40.6. The van der Waals surface area contributed by atoms with Crippen molar-refractivity contribution in [3.05, 3.63) is 192 Å². The van der Waals surface area contributed by atoms with E-state index >= 15 is 0 Å². The molecule has 11 rings (SSSR count). The zero-order valence-electron chi connectivity index (χ0n) is 38.3. The number of hydrogen-bond acceptors (Lipinski definition) is 4. The van der Waals surface area contributed by atoms with Crippen molar-refractivity contribution in [3.63, 3.8) is 0 Å². The molecule has 0 atom stereocenters. The molecule has 9 aromatic rings. The number of ether oxygens (including phenoxy) is 1. The standard InChI is InChI=1S/C59H54N4OTe/c1-38-28-56(60-51-36-65-35-50(38)51)63-52-23-15-14-22-46(52)47-27-26-44(34-55(47)63)64-45-30-41(58(2,3)4)29-43(33-45)61-37-62(54-25-17-16-24-53(54)61)57-48(39-18-10-8-11-19-39)31-42(59(5,6)7)32-49(57)40-20-12-9-13-21-40/h8-34H,35-37H2,1-7H3. The first-order valence-electron chi connectivity index (χ1n) is 22.8.